The van der Waals surface area contributed by atoms with Gasteiger partial charge in [-0.3, -0.25) is 25.0 Å². The lowest BCUT2D eigenvalue weighted by atomic mass is 10.3. The number of ether oxygens (including phenoxy) is 1. The van der Waals surface area contributed by atoms with Crippen LogP contribution in [-0.2, 0) is 9.53 Å². The molecule has 12 heteroatoms. The van der Waals surface area contributed by atoms with Crippen molar-refractivity contribution in [3.8, 4) is 0 Å². The molecule has 0 spiro atoms. The summed E-state index contributed by atoms with van der Waals surface area (Å²) < 4.78 is 9.25. The van der Waals surface area contributed by atoms with Gasteiger partial charge in [0.05, 0.1) is 21.7 Å². The van der Waals surface area contributed by atoms with E-state index in [0.717, 1.165) is 24.3 Å². The van der Waals surface area contributed by atoms with Crippen LogP contribution >= 0.6 is 11.6 Å². The highest BCUT2D eigenvalue weighted by atomic mass is 35.5. The maximum Gasteiger partial charge on any atom is 0.433 e. The highest BCUT2D eigenvalue weighted by molar-refractivity contribution is 6.33. The van der Waals surface area contributed by atoms with E-state index in [0.29, 0.717) is 0 Å². The molecule has 2 aromatic rings. The summed E-state index contributed by atoms with van der Waals surface area (Å²) >= 11 is 5.81. The molecule has 1 amide bonds. The first-order valence-electron chi connectivity index (χ1n) is 6.43. The Morgan fingerprint density at radius 3 is 2.48 bits per heavy atom. The molecule has 0 saturated carbocycles. The average molecular weight is 370 g/mol. The quantitative estimate of drug-likeness (QED) is 0.462. The predicted molar refractivity (Wildman–Crippen MR) is 82.4 cm³/mol. The van der Waals surface area contributed by atoms with E-state index < -0.39 is 40.0 Å². The van der Waals surface area contributed by atoms with Crippen LogP contribution in [0.2, 0.25) is 5.02 Å². The van der Waals surface area contributed by atoms with Crippen molar-refractivity contribution in [1.29, 1.82) is 0 Å². The number of nitro groups is 2. The molecule has 0 fully saturated rings. The number of non-ortho nitro benzene ring substituents is 1. The number of nitrogens with one attached hydrogen (secondary N) is 1. The Balaban J connectivity index is 1.96. The van der Waals surface area contributed by atoms with Crippen LogP contribution in [0.15, 0.2) is 34.7 Å². The first-order valence-corrected chi connectivity index (χ1v) is 6.81. The van der Waals surface area contributed by atoms with Crippen LogP contribution in [0, 0.1) is 20.2 Å². The second-order valence-electron chi connectivity index (χ2n) is 4.44. The Bertz CT molecular complexity index is 863. The molecule has 11 nitrogen and oxygen atoms in total. The minimum absolute atomic E-state index is 0.0365. The van der Waals surface area contributed by atoms with E-state index in [1.165, 1.54) is 6.07 Å². The lowest BCUT2D eigenvalue weighted by molar-refractivity contribution is -0.402. The van der Waals surface area contributed by atoms with Gasteiger partial charge < -0.3 is 14.5 Å². The summed E-state index contributed by atoms with van der Waals surface area (Å²) in [6.07, 6.45) is 0. The molecule has 0 saturated heterocycles. The summed E-state index contributed by atoms with van der Waals surface area (Å²) in [5.41, 5.74) is -0.329. The summed E-state index contributed by atoms with van der Waals surface area (Å²) in [5.74, 6) is -3.02. The predicted octanol–water partition coefficient (Wildman–Crippen LogP) is 2.54. The number of anilines is 1. The van der Waals surface area contributed by atoms with Crippen molar-refractivity contribution in [3.05, 3.63) is 61.3 Å². The maximum atomic E-state index is 11.7. The van der Waals surface area contributed by atoms with Crippen LogP contribution in [0.4, 0.5) is 17.3 Å². The van der Waals surface area contributed by atoms with Gasteiger partial charge >= 0.3 is 11.9 Å². The number of carbonyl (C=O) groups is 2. The minimum atomic E-state index is -1.09. The van der Waals surface area contributed by atoms with Crippen molar-refractivity contribution in [2.75, 3.05) is 11.9 Å². The van der Waals surface area contributed by atoms with Crippen LogP contribution in [0.1, 0.15) is 10.6 Å². The van der Waals surface area contributed by atoms with Crippen molar-refractivity contribution >= 4 is 40.7 Å². The summed E-state index contributed by atoms with van der Waals surface area (Å²) in [4.78, 5) is 43.0. The van der Waals surface area contributed by atoms with E-state index >= 15 is 0 Å². The van der Waals surface area contributed by atoms with Gasteiger partial charge in [-0.15, -0.1) is 0 Å². The zero-order valence-corrected chi connectivity index (χ0v) is 12.9. The van der Waals surface area contributed by atoms with Gasteiger partial charge in [-0.2, -0.15) is 0 Å². The molecule has 1 aromatic heterocycles. The molecule has 1 N–H and O–H groups in total. The maximum absolute atomic E-state index is 11.7. The summed E-state index contributed by atoms with van der Waals surface area (Å²) in [6, 6.07) is 5.40. The van der Waals surface area contributed by atoms with Crippen LogP contribution in [0.25, 0.3) is 0 Å². The molecule has 1 heterocycles. The monoisotopic (exact) mass is 369 g/mol. The number of halogens is 1. The van der Waals surface area contributed by atoms with Crippen LogP contribution < -0.4 is 5.32 Å². The van der Waals surface area contributed by atoms with E-state index in [2.05, 4.69) is 14.5 Å². The Morgan fingerprint density at radius 2 is 1.88 bits per heavy atom. The van der Waals surface area contributed by atoms with Crippen LogP contribution in [-0.4, -0.2) is 28.3 Å². The molecule has 0 aliphatic carbocycles. The first kappa shape index (κ1) is 17.9. The third kappa shape index (κ3) is 4.51. The van der Waals surface area contributed by atoms with Crippen molar-refractivity contribution in [2.24, 2.45) is 0 Å². The molecule has 0 aliphatic rings. The molecule has 130 valence electrons. The van der Waals surface area contributed by atoms with Gasteiger partial charge in [0.15, 0.2) is 6.61 Å². The van der Waals surface area contributed by atoms with E-state index in [1.807, 2.05) is 0 Å². The number of furan rings is 1. The zero-order chi connectivity index (χ0) is 18.6. The van der Waals surface area contributed by atoms with Gasteiger partial charge in [-0.05, 0) is 12.1 Å². The van der Waals surface area contributed by atoms with Gasteiger partial charge in [-0.1, -0.05) is 11.6 Å². The lowest BCUT2D eigenvalue weighted by Crippen LogP contribution is -2.21. The highest BCUT2D eigenvalue weighted by Crippen LogP contribution is 2.26. The van der Waals surface area contributed by atoms with E-state index in [9.17, 15) is 29.8 Å². The topological polar surface area (TPSA) is 155 Å². The smallest absolute Gasteiger partial charge is 0.433 e. The molecule has 0 bridgehead atoms. The van der Waals surface area contributed by atoms with Crippen molar-refractivity contribution in [1.82, 2.24) is 0 Å². The van der Waals surface area contributed by atoms with E-state index in [4.69, 9.17) is 11.6 Å². The second kappa shape index (κ2) is 7.40. The van der Waals surface area contributed by atoms with Gasteiger partial charge in [-0.25, -0.2) is 4.79 Å². The zero-order valence-electron chi connectivity index (χ0n) is 12.1. The number of carbonyl (C=O) groups excluding carboxylic acids is 2. The second-order valence-corrected chi connectivity index (χ2v) is 4.85. The van der Waals surface area contributed by atoms with Crippen molar-refractivity contribution in [2.45, 2.75) is 0 Å². The van der Waals surface area contributed by atoms with Gasteiger partial charge in [0, 0.05) is 12.1 Å². The number of hydrogen-bond donors (Lipinski definition) is 1. The number of nitrogens with zero attached hydrogens (tertiary/aromatic N) is 2. The largest absolute Gasteiger partial charge is 0.450 e. The molecule has 0 radical (unpaired) electrons. The van der Waals surface area contributed by atoms with Crippen LogP contribution in [0.3, 0.4) is 0 Å². The lowest BCUT2D eigenvalue weighted by Gasteiger charge is -2.07. The Kier molecular flexibility index (Phi) is 5.29. The molecule has 1 aromatic carbocycles. The fourth-order valence-electron chi connectivity index (χ4n) is 1.65. The highest BCUT2D eigenvalue weighted by Gasteiger charge is 2.20. The summed E-state index contributed by atoms with van der Waals surface area (Å²) in [7, 11) is 0. The number of rotatable bonds is 6. The van der Waals surface area contributed by atoms with Crippen LogP contribution in [0.5, 0.6) is 0 Å². The normalized spacial score (nSPS) is 10.1. The molecule has 2 rings (SSSR count). The van der Waals surface area contributed by atoms with Crippen molar-refractivity contribution in [3.63, 3.8) is 0 Å². The Hall–Kier alpha value is -3.47. The standard InChI is InChI=1S/C13H8ClN3O8/c14-8-2-1-7(16(20)21)5-9(8)15-11(18)6-24-13(19)10-3-4-12(25-10)17(22)23/h1-5H,6H2,(H,15,18). The average Bonchev–Trinajstić information content (AvgIpc) is 3.05. The number of hydrogen-bond acceptors (Lipinski definition) is 8. The van der Waals surface area contributed by atoms with Gasteiger partial charge in [0.2, 0.25) is 5.76 Å². The molecule has 0 atom stereocenters. The third-order valence-corrected chi connectivity index (χ3v) is 3.07. The fourth-order valence-corrected chi connectivity index (χ4v) is 1.81. The summed E-state index contributed by atoms with van der Waals surface area (Å²) in [5, 5.41) is 23.4. The summed E-state index contributed by atoms with van der Waals surface area (Å²) in [6.45, 7) is -0.758. The Labute approximate surface area is 143 Å². The number of amides is 1. The van der Waals surface area contributed by atoms with E-state index in [-0.39, 0.29) is 16.4 Å². The molecule has 25 heavy (non-hydrogen) atoms. The number of nitro benzene ring substituents is 1. The van der Waals surface area contributed by atoms with Gasteiger partial charge in [0.1, 0.15) is 4.92 Å². The minimum Gasteiger partial charge on any atom is -0.450 e. The van der Waals surface area contributed by atoms with E-state index in [1.54, 1.807) is 0 Å². The molecular weight excluding hydrogens is 362 g/mol. The first-order chi connectivity index (χ1) is 11.8. The third-order valence-electron chi connectivity index (χ3n) is 2.74. The number of esters is 1. The molecule has 0 aliphatic heterocycles. The fraction of sp³-hybridized carbons (Fsp3) is 0.0769. The van der Waals surface area contributed by atoms with Crippen molar-refractivity contribution < 1.29 is 28.6 Å². The van der Waals surface area contributed by atoms with Gasteiger partial charge in [0.25, 0.3) is 11.6 Å². The molecular formula is C13H8ClN3O8. The number of benzene rings is 1. The molecule has 0 unspecified atom stereocenters. The SMILES string of the molecule is O=C(COC(=O)c1ccc([N+](=O)[O-])o1)Nc1cc([N+](=O)[O-])ccc1Cl. The Morgan fingerprint density at radius 1 is 1.16 bits per heavy atom.